The summed E-state index contributed by atoms with van der Waals surface area (Å²) in [5, 5.41) is 5.69. The number of benzene rings is 2. The van der Waals surface area contributed by atoms with Crippen molar-refractivity contribution in [3.63, 3.8) is 0 Å². The van der Waals surface area contributed by atoms with Crippen molar-refractivity contribution in [1.29, 1.82) is 0 Å². The summed E-state index contributed by atoms with van der Waals surface area (Å²) in [5.41, 5.74) is 3.49. The SMILES string of the molecule is CCc1cccc(CC)c1NC(=O)CN1C(=O)N[C@@](C)(c2ccc(C(C)C)cc2)C1=O. The van der Waals surface area contributed by atoms with Crippen LogP contribution in [0.4, 0.5) is 10.5 Å². The summed E-state index contributed by atoms with van der Waals surface area (Å²) in [4.78, 5) is 39.5. The highest BCUT2D eigenvalue weighted by molar-refractivity contribution is 6.10. The molecule has 1 aliphatic rings. The molecular weight excluding hydrogens is 390 g/mol. The van der Waals surface area contributed by atoms with Crippen LogP contribution in [0.25, 0.3) is 0 Å². The second kappa shape index (κ2) is 8.92. The molecule has 1 heterocycles. The van der Waals surface area contributed by atoms with Crippen LogP contribution in [0.3, 0.4) is 0 Å². The Balaban J connectivity index is 1.78. The van der Waals surface area contributed by atoms with E-state index >= 15 is 0 Å². The molecule has 0 radical (unpaired) electrons. The smallest absolute Gasteiger partial charge is 0.324 e. The number of hydrogen-bond donors (Lipinski definition) is 2. The maximum atomic E-state index is 13.2. The maximum Gasteiger partial charge on any atom is 0.325 e. The first kappa shape index (κ1) is 22.5. The lowest BCUT2D eigenvalue weighted by Gasteiger charge is -2.23. The number of aryl methyl sites for hydroxylation is 2. The molecule has 0 spiro atoms. The summed E-state index contributed by atoms with van der Waals surface area (Å²) in [7, 11) is 0. The van der Waals surface area contributed by atoms with Crippen molar-refractivity contribution >= 4 is 23.5 Å². The van der Waals surface area contributed by atoms with E-state index in [1.807, 2.05) is 56.3 Å². The van der Waals surface area contributed by atoms with Crippen molar-refractivity contribution in [2.24, 2.45) is 0 Å². The van der Waals surface area contributed by atoms with Gasteiger partial charge in [0, 0.05) is 5.69 Å². The van der Waals surface area contributed by atoms with Crippen molar-refractivity contribution in [3.8, 4) is 0 Å². The van der Waals surface area contributed by atoms with Crippen LogP contribution in [0.15, 0.2) is 42.5 Å². The molecule has 1 fully saturated rings. The Morgan fingerprint density at radius 1 is 1.03 bits per heavy atom. The number of para-hydroxylation sites is 1. The molecule has 6 nitrogen and oxygen atoms in total. The highest BCUT2D eigenvalue weighted by Gasteiger charge is 2.49. The van der Waals surface area contributed by atoms with Gasteiger partial charge in [-0.2, -0.15) is 0 Å². The zero-order valence-corrected chi connectivity index (χ0v) is 18.9. The number of anilines is 1. The van der Waals surface area contributed by atoms with Gasteiger partial charge in [0.25, 0.3) is 5.91 Å². The molecule has 0 bridgehead atoms. The first-order valence-corrected chi connectivity index (χ1v) is 10.9. The van der Waals surface area contributed by atoms with Crippen LogP contribution >= 0.6 is 0 Å². The second-order valence-electron chi connectivity index (χ2n) is 8.43. The van der Waals surface area contributed by atoms with E-state index in [-0.39, 0.29) is 6.54 Å². The fourth-order valence-corrected chi connectivity index (χ4v) is 3.96. The highest BCUT2D eigenvalue weighted by Crippen LogP contribution is 2.30. The van der Waals surface area contributed by atoms with Crippen LogP contribution in [-0.4, -0.2) is 29.3 Å². The van der Waals surface area contributed by atoms with Crippen molar-refractivity contribution in [1.82, 2.24) is 10.2 Å². The normalized spacial score (nSPS) is 18.5. The van der Waals surface area contributed by atoms with Crippen LogP contribution in [0.5, 0.6) is 0 Å². The number of amides is 4. The van der Waals surface area contributed by atoms with Gasteiger partial charge in [-0.1, -0.05) is 70.2 Å². The first-order valence-electron chi connectivity index (χ1n) is 10.9. The van der Waals surface area contributed by atoms with E-state index in [0.29, 0.717) is 11.5 Å². The van der Waals surface area contributed by atoms with Crippen molar-refractivity contribution in [2.75, 3.05) is 11.9 Å². The van der Waals surface area contributed by atoms with E-state index in [9.17, 15) is 14.4 Å². The average molecular weight is 422 g/mol. The minimum atomic E-state index is -1.19. The number of nitrogens with one attached hydrogen (secondary N) is 2. The number of hydrogen-bond acceptors (Lipinski definition) is 3. The fourth-order valence-electron chi connectivity index (χ4n) is 3.96. The lowest BCUT2D eigenvalue weighted by Crippen LogP contribution is -2.42. The monoisotopic (exact) mass is 421 g/mol. The van der Waals surface area contributed by atoms with Gasteiger partial charge < -0.3 is 10.6 Å². The summed E-state index contributed by atoms with van der Waals surface area (Å²) < 4.78 is 0. The molecule has 1 atom stereocenters. The molecule has 164 valence electrons. The van der Waals surface area contributed by atoms with Gasteiger partial charge in [-0.05, 0) is 47.9 Å². The number of imide groups is 1. The Labute approximate surface area is 184 Å². The van der Waals surface area contributed by atoms with E-state index in [0.717, 1.165) is 40.1 Å². The molecule has 1 saturated heterocycles. The molecular formula is C25H31N3O3. The maximum absolute atomic E-state index is 13.2. The van der Waals surface area contributed by atoms with Crippen molar-refractivity contribution in [3.05, 3.63) is 64.7 Å². The Bertz CT molecular complexity index is 975. The lowest BCUT2D eigenvalue weighted by molar-refractivity contribution is -0.133. The van der Waals surface area contributed by atoms with Crippen LogP contribution in [-0.2, 0) is 28.0 Å². The summed E-state index contributed by atoms with van der Waals surface area (Å²) in [6, 6.07) is 13.0. The molecule has 0 aromatic heterocycles. The third-order valence-electron chi connectivity index (χ3n) is 5.99. The van der Waals surface area contributed by atoms with Crippen LogP contribution in [0.1, 0.15) is 62.8 Å². The van der Waals surface area contributed by atoms with Crippen molar-refractivity contribution in [2.45, 2.75) is 58.9 Å². The largest absolute Gasteiger partial charge is 0.325 e. The van der Waals surface area contributed by atoms with Gasteiger partial charge in [0.1, 0.15) is 12.1 Å². The predicted molar refractivity (Wildman–Crippen MR) is 122 cm³/mol. The van der Waals surface area contributed by atoms with Gasteiger partial charge in [-0.3, -0.25) is 14.5 Å². The molecule has 3 rings (SSSR count). The fraction of sp³-hybridized carbons (Fsp3) is 0.400. The predicted octanol–water partition coefficient (Wildman–Crippen LogP) is 4.34. The molecule has 31 heavy (non-hydrogen) atoms. The van der Waals surface area contributed by atoms with Crippen LogP contribution in [0, 0.1) is 0 Å². The summed E-state index contributed by atoms with van der Waals surface area (Å²) in [6.45, 7) is 9.60. The van der Waals surface area contributed by atoms with Gasteiger partial charge in [-0.15, -0.1) is 0 Å². The van der Waals surface area contributed by atoms with Gasteiger partial charge >= 0.3 is 6.03 Å². The topological polar surface area (TPSA) is 78.5 Å². The van der Waals surface area contributed by atoms with Crippen molar-refractivity contribution < 1.29 is 14.4 Å². The molecule has 1 aliphatic heterocycles. The molecule has 6 heteroatoms. The third kappa shape index (κ3) is 4.33. The second-order valence-corrected chi connectivity index (χ2v) is 8.43. The quantitative estimate of drug-likeness (QED) is 0.653. The third-order valence-corrected chi connectivity index (χ3v) is 5.99. The molecule has 0 unspecified atom stereocenters. The first-order chi connectivity index (χ1) is 14.7. The van der Waals surface area contributed by atoms with E-state index in [1.54, 1.807) is 6.92 Å². The Morgan fingerprint density at radius 3 is 2.13 bits per heavy atom. The molecule has 2 aromatic rings. The average Bonchev–Trinajstić information content (AvgIpc) is 2.97. The number of carbonyl (C=O) groups is 3. The van der Waals surface area contributed by atoms with Crippen LogP contribution in [0.2, 0.25) is 0 Å². The lowest BCUT2D eigenvalue weighted by atomic mass is 9.90. The minimum absolute atomic E-state index is 0.328. The minimum Gasteiger partial charge on any atom is -0.324 e. The molecule has 2 aromatic carbocycles. The summed E-state index contributed by atoms with van der Waals surface area (Å²) in [5.74, 6) is -0.446. The van der Waals surface area contributed by atoms with Gasteiger partial charge in [0.05, 0.1) is 0 Å². The number of urea groups is 1. The van der Waals surface area contributed by atoms with Gasteiger partial charge in [0.15, 0.2) is 0 Å². The van der Waals surface area contributed by atoms with E-state index in [1.165, 1.54) is 0 Å². The number of rotatable bonds is 7. The Kier molecular flexibility index (Phi) is 6.48. The van der Waals surface area contributed by atoms with E-state index < -0.39 is 23.4 Å². The Morgan fingerprint density at radius 2 is 1.61 bits per heavy atom. The molecule has 0 aliphatic carbocycles. The van der Waals surface area contributed by atoms with E-state index in [4.69, 9.17) is 0 Å². The highest BCUT2D eigenvalue weighted by atomic mass is 16.2. The molecule has 0 saturated carbocycles. The van der Waals surface area contributed by atoms with Crippen LogP contribution < -0.4 is 10.6 Å². The summed E-state index contributed by atoms with van der Waals surface area (Å²) >= 11 is 0. The molecule has 2 N–H and O–H groups in total. The zero-order chi connectivity index (χ0) is 22.8. The molecule has 4 amide bonds. The standard InChI is InChI=1S/C25H31N3O3/c1-6-17-9-8-10-18(7-2)22(17)26-21(29)15-28-23(30)25(5,27-24(28)31)20-13-11-19(12-14-20)16(3)4/h8-14,16H,6-7,15H2,1-5H3,(H,26,29)(H,27,31)/t25-/m0/s1. The number of carbonyl (C=O) groups excluding carboxylic acids is 3. The van der Waals surface area contributed by atoms with Gasteiger partial charge in [0.2, 0.25) is 5.91 Å². The number of nitrogens with zero attached hydrogens (tertiary/aromatic N) is 1. The summed E-state index contributed by atoms with van der Waals surface area (Å²) in [6.07, 6.45) is 1.55. The van der Waals surface area contributed by atoms with Gasteiger partial charge in [-0.25, -0.2) is 4.79 Å². The van der Waals surface area contributed by atoms with E-state index in [2.05, 4.69) is 24.5 Å². The Hall–Kier alpha value is -3.15. The zero-order valence-electron chi connectivity index (χ0n) is 18.9.